The molecule has 108 valence electrons. The van der Waals surface area contributed by atoms with E-state index in [1.54, 1.807) is 0 Å². The molecule has 1 unspecified atom stereocenters. The number of rotatable bonds is 3. The van der Waals surface area contributed by atoms with Gasteiger partial charge in [-0.3, -0.25) is 4.99 Å². The molecule has 1 saturated heterocycles. The van der Waals surface area contributed by atoms with Gasteiger partial charge in [0.05, 0.1) is 0 Å². The standard InChI is InChI=1S/C16H22ClN3/c1-11-9-15(17)5-6-16(11)20(13(3)18-4)12(2)14-7-8-19-10-14/h5-6,9,14,19H,2,7-8,10H2,1,3-4H3. The van der Waals surface area contributed by atoms with Gasteiger partial charge < -0.3 is 10.2 Å². The Bertz CT molecular complexity index is 531. The number of nitrogens with one attached hydrogen (secondary N) is 1. The van der Waals surface area contributed by atoms with Gasteiger partial charge in [-0.05, 0) is 50.6 Å². The highest BCUT2D eigenvalue weighted by molar-refractivity contribution is 6.30. The molecule has 1 aromatic rings. The van der Waals surface area contributed by atoms with Crippen molar-refractivity contribution in [3.63, 3.8) is 0 Å². The number of amidine groups is 1. The summed E-state index contributed by atoms with van der Waals surface area (Å²) in [5, 5.41) is 4.15. The number of halogens is 1. The molecule has 20 heavy (non-hydrogen) atoms. The summed E-state index contributed by atoms with van der Waals surface area (Å²) in [6.07, 6.45) is 1.12. The van der Waals surface area contributed by atoms with Crippen molar-refractivity contribution in [2.75, 3.05) is 25.0 Å². The van der Waals surface area contributed by atoms with Crippen molar-refractivity contribution < 1.29 is 0 Å². The van der Waals surface area contributed by atoms with Gasteiger partial charge in [-0.15, -0.1) is 0 Å². The van der Waals surface area contributed by atoms with E-state index in [9.17, 15) is 0 Å². The zero-order valence-corrected chi connectivity index (χ0v) is 13.2. The molecule has 0 saturated carbocycles. The van der Waals surface area contributed by atoms with E-state index in [1.807, 2.05) is 32.2 Å². The Morgan fingerprint density at radius 3 is 2.80 bits per heavy atom. The van der Waals surface area contributed by atoms with E-state index in [1.165, 1.54) is 0 Å². The molecule has 0 spiro atoms. The molecule has 0 amide bonds. The quantitative estimate of drug-likeness (QED) is 0.680. The van der Waals surface area contributed by atoms with Crippen LogP contribution in [0.5, 0.6) is 0 Å². The second-order valence-electron chi connectivity index (χ2n) is 5.22. The smallest absolute Gasteiger partial charge is 0.104 e. The fourth-order valence-electron chi connectivity index (χ4n) is 2.63. The minimum absolute atomic E-state index is 0.460. The van der Waals surface area contributed by atoms with Crippen molar-refractivity contribution in [2.45, 2.75) is 20.3 Å². The molecule has 1 aromatic carbocycles. The normalized spacial score (nSPS) is 19.2. The van der Waals surface area contributed by atoms with Gasteiger partial charge in [-0.2, -0.15) is 0 Å². The Morgan fingerprint density at radius 1 is 1.50 bits per heavy atom. The molecule has 0 aromatic heterocycles. The van der Waals surface area contributed by atoms with Crippen LogP contribution in [0, 0.1) is 12.8 Å². The lowest BCUT2D eigenvalue weighted by Crippen LogP contribution is -2.32. The molecular formula is C16H22ClN3. The molecule has 2 rings (SSSR count). The molecule has 0 radical (unpaired) electrons. The minimum atomic E-state index is 0.460. The van der Waals surface area contributed by atoms with Gasteiger partial charge in [0, 0.05) is 35.9 Å². The van der Waals surface area contributed by atoms with Crippen LogP contribution >= 0.6 is 11.6 Å². The van der Waals surface area contributed by atoms with Gasteiger partial charge >= 0.3 is 0 Å². The first-order valence-electron chi connectivity index (χ1n) is 6.93. The van der Waals surface area contributed by atoms with E-state index in [0.29, 0.717) is 5.92 Å². The molecular weight excluding hydrogens is 270 g/mol. The van der Waals surface area contributed by atoms with Crippen LogP contribution in [0.1, 0.15) is 18.9 Å². The Morgan fingerprint density at radius 2 is 2.25 bits per heavy atom. The molecule has 1 N–H and O–H groups in total. The van der Waals surface area contributed by atoms with Gasteiger partial charge in [-0.1, -0.05) is 18.2 Å². The third-order valence-corrected chi connectivity index (χ3v) is 4.10. The fourth-order valence-corrected chi connectivity index (χ4v) is 2.85. The summed E-state index contributed by atoms with van der Waals surface area (Å²) in [7, 11) is 1.81. The fraction of sp³-hybridized carbons (Fsp3) is 0.438. The third-order valence-electron chi connectivity index (χ3n) is 3.87. The maximum atomic E-state index is 6.06. The zero-order valence-electron chi connectivity index (χ0n) is 12.4. The van der Waals surface area contributed by atoms with Crippen LogP contribution in [0.2, 0.25) is 5.02 Å². The molecule has 1 aliphatic rings. The number of hydrogen-bond acceptors (Lipinski definition) is 2. The summed E-state index contributed by atoms with van der Waals surface area (Å²) in [6, 6.07) is 5.94. The van der Waals surface area contributed by atoms with Crippen LogP contribution in [0.3, 0.4) is 0 Å². The predicted octanol–water partition coefficient (Wildman–Crippen LogP) is 3.63. The van der Waals surface area contributed by atoms with E-state index >= 15 is 0 Å². The predicted molar refractivity (Wildman–Crippen MR) is 87.8 cm³/mol. The number of nitrogens with zero attached hydrogens (tertiary/aromatic N) is 2. The van der Waals surface area contributed by atoms with Crippen molar-refractivity contribution in [1.82, 2.24) is 5.32 Å². The average Bonchev–Trinajstić information content (AvgIpc) is 2.95. The maximum absolute atomic E-state index is 6.06. The lowest BCUT2D eigenvalue weighted by molar-refractivity contribution is 0.672. The lowest BCUT2D eigenvalue weighted by atomic mass is 10.0. The summed E-state index contributed by atoms with van der Waals surface area (Å²) >= 11 is 6.06. The Balaban J connectivity index is 2.39. The van der Waals surface area contributed by atoms with Gasteiger partial charge in [-0.25, -0.2) is 0 Å². The molecule has 3 nitrogen and oxygen atoms in total. The number of hydrogen-bond donors (Lipinski definition) is 1. The summed E-state index contributed by atoms with van der Waals surface area (Å²) in [4.78, 5) is 6.51. The largest absolute Gasteiger partial charge is 0.316 e. The minimum Gasteiger partial charge on any atom is -0.316 e. The highest BCUT2D eigenvalue weighted by Gasteiger charge is 2.25. The number of aliphatic imine (C=N–C) groups is 1. The van der Waals surface area contributed by atoms with Gasteiger partial charge in [0.15, 0.2) is 0 Å². The van der Waals surface area contributed by atoms with Crippen LogP contribution in [0.15, 0.2) is 35.5 Å². The van der Waals surface area contributed by atoms with Crippen molar-refractivity contribution in [1.29, 1.82) is 0 Å². The summed E-state index contributed by atoms with van der Waals surface area (Å²) in [6.45, 7) is 10.4. The first kappa shape index (κ1) is 15.1. The van der Waals surface area contributed by atoms with E-state index in [0.717, 1.165) is 47.3 Å². The summed E-state index contributed by atoms with van der Waals surface area (Å²) in [5.41, 5.74) is 3.34. The van der Waals surface area contributed by atoms with Crippen molar-refractivity contribution in [3.05, 3.63) is 41.1 Å². The summed E-state index contributed by atoms with van der Waals surface area (Å²) in [5.74, 6) is 1.41. The van der Waals surface area contributed by atoms with Crippen LogP contribution in [-0.4, -0.2) is 26.0 Å². The Kier molecular flexibility index (Phi) is 4.84. The van der Waals surface area contributed by atoms with Crippen molar-refractivity contribution in [2.24, 2.45) is 10.9 Å². The second-order valence-corrected chi connectivity index (χ2v) is 5.65. The van der Waals surface area contributed by atoms with Crippen molar-refractivity contribution >= 4 is 23.1 Å². The number of benzene rings is 1. The first-order chi connectivity index (χ1) is 9.54. The monoisotopic (exact) mass is 291 g/mol. The topological polar surface area (TPSA) is 27.6 Å². The molecule has 1 atom stereocenters. The van der Waals surface area contributed by atoms with Gasteiger partial charge in [0.2, 0.25) is 0 Å². The average molecular weight is 292 g/mol. The highest BCUT2D eigenvalue weighted by Crippen LogP contribution is 2.30. The number of aryl methyl sites for hydroxylation is 1. The number of anilines is 1. The summed E-state index contributed by atoms with van der Waals surface area (Å²) < 4.78 is 0. The lowest BCUT2D eigenvalue weighted by Gasteiger charge is -2.31. The Hall–Kier alpha value is -1.32. The molecule has 1 heterocycles. The van der Waals surface area contributed by atoms with E-state index in [2.05, 4.69) is 28.7 Å². The van der Waals surface area contributed by atoms with Crippen LogP contribution in [-0.2, 0) is 0 Å². The van der Waals surface area contributed by atoms with E-state index in [4.69, 9.17) is 11.6 Å². The first-order valence-corrected chi connectivity index (χ1v) is 7.31. The van der Waals surface area contributed by atoms with Gasteiger partial charge in [0.25, 0.3) is 0 Å². The highest BCUT2D eigenvalue weighted by atomic mass is 35.5. The molecule has 0 bridgehead atoms. The SMILES string of the molecule is C=C(C1CCNC1)N(C(C)=NC)c1ccc(Cl)cc1C. The molecule has 0 aliphatic carbocycles. The molecule has 4 heteroatoms. The zero-order chi connectivity index (χ0) is 14.7. The maximum Gasteiger partial charge on any atom is 0.104 e. The van der Waals surface area contributed by atoms with Crippen molar-refractivity contribution in [3.8, 4) is 0 Å². The van der Waals surface area contributed by atoms with E-state index < -0.39 is 0 Å². The van der Waals surface area contributed by atoms with Crippen LogP contribution < -0.4 is 10.2 Å². The van der Waals surface area contributed by atoms with Crippen LogP contribution in [0.4, 0.5) is 5.69 Å². The van der Waals surface area contributed by atoms with E-state index in [-0.39, 0.29) is 0 Å². The third kappa shape index (κ3) is 3.05. The molecule has 1 fully saturated rings. The second kappa shape index (κ2) is 6.42. The Labute approximate surface area is 126 Å². The van der Waals surface area contributed by atoms with Gasteiger partial charge in [0.1, 0.15) is 5.84 Å². The van der Waals surface area contributed by atoms with Crippen LogP contribution in [0.25, 0.3) is 0 Å². The molecule has 1 aliphatic heterocycles.